The van der Waals surface area contributed by atoms with Crippen molar-refractivity contribution in [1.29, 1.82) is 0 Å². The molecule has 0 spiro atoms. The number of alkyl halides is 2. The van der Waals surface area contributed by atoms with Crippen molar-refractivity contribution >= 4 is 5.69 Å². The summed E-state index contributed by atoms with van der Waals surface area (Å²) in [5.74, 6) is -2.91. The fourth-order valence-electron chi connectivity index (χ4n) is 2.37. The van der Waals surface area contributed by atoms with E-state index in [9.17, 15) is 8.78 Å². The Balaban J connectivity index is 2.33. The van der Waals surface area contributed by atoms with Crippen molar-refractivity contribution in [3.05, 3.63) is 23.5 Å². The molecule has 0 aromatic carbocycles. The number of hydrogen-bond donors (Lipinski definition) is 1. The minimum Gasteiger partial charge on any atom is -0.384 e. The topological polar surface area (TPSA) is 24.9 Å². The molecule has 0 bridgehead atoms. The molecule has 0 radical (unpaired) electrons. The van der Waals surface area contributed by atoms with Crippen LogP contribution in [0.25, 0.3) is 0 Å². The molecule has 2 rings (SSSR count). The fourth-order valence-corrected chi connectivity index (χ4v) is 2.37. The molecule has 0 amide bonds. The van der Waals surface area contributed by atoms with Gasteiger partial charge in [-0.2, -0.15) is 8.78 Å². The molecule has 0 atom stereocenters. The molecule has 1 aliphatic heterocycles. The van der Waals surface area contributed by atoms with Gasteiger partial charge in [0.05, 0.1) is 0 Å². The van der Waals surface area contributed by atoms with E-state index in [1.165, 1.54) is 6.07 Å². The van der Waals surface area contributed by atoms with Crippen LogP contribution < -0.4 is 5.32 Å². The van der Waals surface area contributed by atoms with Crippen LogP contribution in [0.5, 0.6) is 0 Å². The lowest BCUT2D eigenvalue weighted by atomic mass is 9.88. The Hall–Kier alpha value is -1.19. The van der Waals surface area contributed by atoms with Crippen molar-refractivity contribution in [2.75, 3.05) is 11.9 Å². The van der Waals surface area contributed by atoms with Gasteiger partial charge < -0.3 is 5.32 Å². The van der Waals surface area contributed by atoms with Gasteiger partial charge in [-0.05, 0) is 12.0 Å². The second-order valence-corrected chi connectivity index (χ2v) is 6.15. The van der Waals surface area contributed by atoms with Crippen molar-refractivity contribution < 1.29 is 8.78 Å². The maximum atomic E-state index is 14.0. The van der Waals surface area contributed by atoms with E-state index in [4.69, 9.17) is 0 Å². The lowest BCUT2D eigenvalue weighted by Gasteiger charge is -2.20. The van der Waals surface area contributed by atoms with Gasteiger partial charge in [0.15, 0.2) is 0 Å². The summed E-state index contributed by atoms with van der Waals surface area (Å²) in [5.41, 5.74) is 1.66. The third-order valence-electron chi connectivity index (χ3n) is 3.39. The summed E-state index contributed by atoms with van der Waals surface area (Å²) in [7, 11) is 0. The molecule has 4 heteroatoms. The van der Waals surface area contributed by atoms with Gasteiger partial charge in [0, 0.05) is 35.8 Å². The highest BCUT2D eigenvalue weighted by molar-refractivity contribution is 5.59. The van der Waals surface area contributed by atoms with Crippen LogP contribution in [0.4, 0.5) is 14.5 Å². The van der Waals surface area contributed by atoms with Gasteiger partial charge in [-0.15, -0.1) is 0 Å². The first-order valence-electron chi connectivity index (χ1n) is 6.35. The number of aromatic nitrogens is 1. The number of anilines is 1. The number of halogens is 2. The zero-order chi connectivity index (χ0) is 13.6. The van der Waals surface area contributed by atoms with Crippen molar-refractivity contribution in [2.45, 2.75) is 45.5 Å². The van der Waals surface area contributed by atoms with Crippen LogP contribution in [-0.4, -0.2) is 11.5 Å². The standard InChI is InChI=1S/C14H20F2N2/c1-9(2)6-14(15,16)12-5-11-10(7-17-12)13(3,4)8-18-11/h5,7,9,18H,6,8H2,1-4H3. The van der Waals surface area contributed by atoms with Gasteiger partial charge in [-0.25, -0.2) is 0 Å². The van der Waals surface area contributed by atoms with Crippen LogP contribution in [0.15, 0.2) is 12.3 Å². The highest BCUT2D eigenvalue weighted by Crippen LogP contribution is 2.40. The predicted molar refractivity (Wildman–Crippen MR) is 69.1 cm³/mol. The SMILES string of the molecule is CC(C)CC(F)(F)c1cc2c(cn1)C(C)(C)CN2. The molecule has 0 saturated carbocycles. The number of nitrogens with zero attached hydrogens (tertiary/aromatic N) is 1. The molecule has 2 heterocycles. The zero-order valence-electron chi connectivity index (χ0n) is 11.3. The number of nitrogens with one attached hydrogen (secondary N) is 1. The average Bonchev–Trinajstić information content (AvgIpc) is 2.53. The number of pyridine rings is 1. The molecule has 1 aromatic heterocycles. The molecule has 1 aromatic rings. The Kier molecular flexibility index (Phi) is 3.07. The van der Waals surface area contributed by atoms with E-state index >= 15 is 0 Å². The molecule has 1 aliphatic rings. The van der Waals surface area contributed by atoms with Crippen LogP contribution in [0.1, 0.15) is 45.4 Å². The van der Waals surface area contributed by atoms with E-state index < -0.39 is 5.92 Å². The summed E-state index contributed by atoms with van der Waals surface area (Å²) in [6.07, 6.45) is 1.43. The van der Waals surface area contributed by atoms with Crippen LogP contribution in [-0.2, 0) is 11.3 Å². The van der Waals surface area contributed by atoms with Crippen LogP contribution in [0.3, 0.4) is 0 Å². The molecular weight excluding hydrogens is 234 g/mol. The van der Waals surface area contributed by atoms with Crippen molar-refractivity contribution in [3.8, 4) is 0 Å². The van der Waals surface area contributed by atoms with E-state index in [0.29, 0.717) is 0 Å². The van der Waals surface area contributed by atoms with E-state index in [1.54, 1.807) is 20.0 Å². The monoisotopic (exact) mass is 254 g/mol. The molecular formula is C14H20F2N2. The summed E-state index contributed by atoms with van der Waals surface area (Å²) in [6, 6.07) is 1.51. The molecule has 0 aliphatic carbocycles. The highest BCUT2D eigenvalue weighted by Gasteiger charge is 2.37. The molecule has 100 valence electrons. The molecule has 0 saturated heterocycles. The normalized spacial score (nSPS) is 17.7. The fraction of sp³-hybridized carbons (Fsp3) is 0.643. The summed E-state index contributed by atoms with van der Waals surface area (Å²) in [5, 5.41) is 3.18. The number of rotatable bonds is 3. The van der Waals surface area contributed by atoms with Gasteiger partial charge >= 0.3 is 0 Å². The van der Waals surface area contributed by atoms with Gasteiger partial charge in [-0.1, -0.05) is 27.7 Å². The summed E-state index contributed by atoms with van der Waals surface area (Å²) >= 11 is 0. The minimum atomic E-state index is -2.85. The predicted octanol–water partition coefficient (Wildman–Crippen LogP) is 3.92. The third kappa shape index (κ3) is 2.33. The summed E-state index contributed by atoms with van der Waals surface area (Å²) < 4.78 is 28.0. The molecule has 1 N–H and O–H groups in total. The average molecular weight is 254 g/mol. The highest BCUT2D eigenvalue weighted by atomic mass is 19.3. The van der Waals surface area contributed by atoms with Gasteiger partial charge in [0.1, 0.15) is 5.69 Å². The second kappa shape index (κ2) is 4.18. The first-order chi connectivity index (χ1) is 8.22. The van der Waals surface area contributed by atoms with E-state index in [1.807, 2.05) is 0 Å². The second-order valence-electron chi connectivity index (χ2n) is 6.15. The Morgan fingerprint density at radius 2 is 2.11 bits per heavy atom. The quantitative estimate of drug-likeness (QED) is 0.884. The van der Waals surface area contributed by atoms with E-state index in [0.717, 1.165) is 17.8 Å². The van der Waals surface area contributed by atoms with Crippen molar-refractivity contribution in [2.24, 2.45) is 5.92 Å². The van der Waals surface area contributed by atoms with E-state index in [2.05, 4.69) is 24.1 Å². The Bertz CT molecular complexity index is 453. The number of hydrogen-bond acceptors (Lipinski definition) is 2. The third-order valence-corrected chi connectivity index (χ3v) is 3.39. The summed E-state index contributed by atoms with van der Waals surface area (Å²) in [4.78, 5) is 3.98. The molecule has 0 fully saturated rings. The molecule has 0 unspecified atom stereocenters. The first kappa shape index (κ1) is 13.2. The molecule has 2 nitrogen and oxygen atoms in total. The van der Waals surface area contributed by atoms with Gasteiger partial charge in [-0.3, -0.25) is 4.98 Å². The first-order valence-corrected chi connectivity index (χ1v) is 6.35. The van der Waals surface area contributed by atoms with Crippen LogP contribution in [0, 0.1) is 5.92 Å². The van der Waals surface area contributed by atoms with Crippen molar-refractivity contribution in [1.82, 2.24) is 4.98 Å². The maximum Gasteiger partial charge on any atom is 0.290 e. The minimum absolute atomic E-state index is 0.0335. The van der Waals surface area contributed by atoms with Crippen molar-refractivity contribution in [3.63, 3.8) is 0 Å². The van der Waals surface area contributed by atoms with Crippen LogP contribution in [0.2, 0.25) is 0 Å². The van der Waals surface area contributed by atoms with Gasteiger partial charge in [0.25, 0.3) is 5.92 Å². The Morgan fingerprint density at radius 3 is 2.72 bits per heavy atom. The Labute approximate surface area is 107 Å². The Morgan fingerprint density at radius 1 is 1.44 bits per heavy atom. The zero-order valence-corrected chi connectivity index (χ0v) is 11.3. The number of fused-ring (bicyclic) bond motifs is 1. The lowest BCUT2D eigenvalue weighted by molar-refractivity contribution is -0.0291. The molecule has 18 heavy (non-hydrogen) atoms. The van der Waals surface area contributed by atoms with E-state index in [-0.39, 0.29) is 23.4 Å². The summed E-state index contributed by atoms with van der Waals surface area (Å²) in [6.45, 7) is 8.52. The maximum absolute atomic E-state index is 14.0. The van der Waals surface area contributed by atoms with Crippen LogP contribution >= 0.6 is 0 Å². The largest absolute Gasteiger partial charge is 0.384 e. The lowest BCUT2D eigenvalue weighted by Crippen LogP contribution is -2.20. The smallest absolute Gasteiger partial charge is 0.290 e. The van der Waals surface area contributed by atoms with Gasteiger partial charge in [0.2, 0.25) is 0 Å².